The van der Waals surface area contributed by atoms with E-state index in [1.165, 1.54) is 5.56 Å². The number of nitro groups is 1. The molecule has 0 aliphatic carbocycles. The summed E-state index contributed by atoms with van der Waals surface area (Å²) in [5.74, 6) is 0. The van der Waals surface area contributed by atoms with Crippen LogP contribution in [0, 0.1) is 24.0 Å². The predicted octanol–water partition coefficient (Wildman–Crippen LogP) is 4.25. The third-order valence-corrected chi connectivity index (χ3v) is 3.53. The summed E-state index contributed by atoms with van der Waals surface area (Å²) in [5, 5.41) is 14.4. The van der Waals surface area contributed by atoms with Crippen molar-refractivity contribution in [2.45, 2.75) is 33.2 Å². The van der Waals surface area contributed by atoms with Crippen molar-refractivity contribution < 1.29 is 4.92 Å². The molecule has 0 aromatic heterocycles. The third kappa shape index (κ3) is 3.81. The Morgan fingerprint density at radius 2 is 1.81 bits per heavy atom. The van der Waals surface area contributed by atoms with Crippen molar-refractivity contribution in [2.24, 2.45) is 0 Å². The van der Waals surface area contributed by atoms with Crippen LogP contribution in [-0.2, 0) is 6.42 Å². The number of benzene rings is 2. The largest absolute Gasteiger partial charge is 0.382 e. The molecule has 1 N–H and O–H groups in total. The van der Waals surface area contributed by atoms with Crippen molar-refractivity contribution in [2.75, 3.05) is 5.32 Å². The van der Waals surface area contributed by atoms with Crippen LogP contribution in [0.1, 0.15) is 23.6 Å². The van der Waals surface area contributed by atoms with E-state index < -0.39 is 0 Å². The molecule has 0 fully saturated rings. The van der Waals surface area contributed by atoms with E-state index >= 15 is 0 Å². The summed E-state index contributed by atoms with van der Waals surface area (Å²) in [6, 6.07) is 13.9. The molecule has 0 amide bonds. The molecule has 2 rings (SSSR count). The van der Waals surface area contributed by atoms with Gasteiger partial charge in [0, 0.05) is 23.4 Å². The molecule has 0 bridgehead atoms. The molecular weight excluding hydrogens is 264 g/mol. The Morgan fingerprint density at radius 1 is 1.14 bits per heavy atom. The lowest BCUT2D eigenvalue weighted by molar-refractivity contribution is -0.385. The highest BCUT2D eigenvalue weighted by Crippen LogP contribution is 2.27. The van der Waals surface area contributed by atoms with Gasteiger partial charge in [-0.25, -0.2) is 0 Å². The molecule has 21 heavy (non-hydrogen) atoms. The Morgan fingerprint density at radius 3 is 2.43 bits per heavy atom. The van der Waals surface area contributed by atoms with Crippen LogP contribution in [0.25, 0.3) is 0 Å². The molecule has 110 valence electrons. The number of anilines is 1. The van der Waals surface area contributed by atoms with E-state index in [0.717, 1.165) is 17.7 Å². The van der Waals surface area contributed by atoms with Gasteiger partial charge in [0.25, 0.3) is 5.69 Å². The SMILES string of the molecule is Cc1cc(C)c([N+](=O)[O-])cc1NC(C)Cc1ccccc1. The van der Waals surface area contributed by atoms with Gasteiger partial charge in [0.05, 0.1) is 4.92 Å². The van der Waals surface area contributed by atoms with Crippen molar-refractivity contribution in [1.82, 2.24) is 0 Å². The molecule has 2 aromatic carbocycles. The zero-order valence-corrected chi connectivity index (χ0v) is 12.6. The van der Waals surface area contributed by atoms with Crippen molar-refractivity contribution >= 4 is 11.4 Å². The lowest BCUT2D eigenvalue weighted by Gasteiger charge is -2.17. The Balaban J connectivity index is 2.15. The summed E-state index contributed by atoms with van der Waals surface area (Å²) >= 11 is 0. The molecule has 0 spiro atoms. The zero-order valence-electron chi connectivity index (χ0n) is 12.6. The molecule has 0 aliphatic heterocycles. The average Bonchev–Trinajstić information content (AvgIpc) is 2.42. The summed E-state index contributed by atoms with van der Waals surface area (Å²) in [5.41, 5.74) is 3.96. The maximum atomic E-state index is 11.0. The monoisotopic (exact) mass is 284 g/mol. The molecule has 1 atom stereocenters. The maximum absolute atomic E-state index is 11.0. The summed E-state index contributed by atoms with van der Waals surface area (Å²) in [7, 11) is 0. The van der Waals surface area contributed by atoms with E-state index in [-0.39, 0.29) is 16.7 Å². The van der Waals surface area contributed by atoms with Crippen LogP contribution in [0.5, 0.6) is 0 Å². The van der Waals surface area contributed by atoms with Gasteiger partial charge >= 0.3 is 0 Å². The molecule has 0 aliphatic rings. The fraction of sp³-hybridized carbons (Fsp3) is 0.294. The van der Waals surface area contributed by atoms with E-state index in [9.17, 15) is 10.1 Å². The standard InChI is InChI=1S/C17H20N2O2/c1-12-9-13(2)17(19(20)21)11-16(12)18-14(3)10-15-7-5-4-6-8-15/h4-9,11,14,18H,10H2,1-3H3. The second-order valence-electron chi connectivity index (χ2n) is 5.45. The van der Waals surface area contributed by atoms with Gasteiger partial charge in [-0.1, -0.05) is 30.3 Å². The second kappa shape index (κ2) is 6.39. The Hall–Kier alpha value is -2.36. The summed E-state index contributed by atoms with van der Waals surface area (Å²) in [6.45, 7) is 5.81. The highest BCUT2D eigenvalue weighted by Gasteiger charge is 2.14. The molecule has 1 unspecified atom stereocenters. The first-order valence-corrected chi connectivity index (χ1v) is 7.03. The topological polar surface area (TPSA) is 55.2 Å². The van der Waals surface area contributed by atoms with E-state index in [4.69, 9.17) is 0 Å². The minimum Gasteiger partial charge on any atom is -0.382 e. The minimum atomic E-state index is -0.332. The summed E-state index contributed by atoms with van der Waals surface area (Å²) in [4.78, 5) is 10.7. The minimum absolute atomic E-state index is 0.162. The highest BCUT2D eigenvalue weighted by atomic mass is 16.6. The van der Waals surface area contributed by atoms with Crippen LogP contribution in [-0.4, -0.2) is 11.0 Å². The molecule has 2 aromatic rings. The van der Waals surface area contributed by atoms with Crippen molar-refractivity contribution in [3.8, 4) is 0 Å². The van der Waals surface area contributed by atoms with Gasteiger partial charge in [-0.2, -0.15) is 0 Å². The van der Waals surface area contributed by atoms with Crippen molar-refractivity contribution in [1.29, 1.82) is 0 Å². The Kier molecular flexibility index (Phi) is 4.58. The number of nitrogens with zero attached hydrogens (tertiary/aromatic N) is 1. The number of nitro benzene ring substituents is 1. The summed E-state index contributed by atoms with van der Waals surface area (Å²) < 4.78 is 0. The van der Waals surface area contributed by atoms with Gasteiger partial charge in [-0.3, -0.25) is 10.1 Å². The van der Waals surface area contributed by atoms with Gasteiger partial charge in [-0.15, -0.1) is 0 Å². The van der Waals surface area contributed by atoms with Gasteiger partial charge in [0.2, 0.25) is 0 Å². The predicted molar refractivity (Wildman–Crippen MR) is 85.8 cm³/mol. The van der Waals surface area contributed by atoms with Gasteiger partial charge < -0.3 is 5.32 Å². The number of aryl methyl sites for hydroxylation is 2. The number of hydrogen-bond acceptors (Lipinski definition) is 3. The number of nitrogens with one attached hydrogen (secondary N) is 1. The molecule has 4 nitrogen and oxygen atoms in total. The molecule has 0 saturated heterocycles. The fourth-order valence-corrected chi connectivity index (χ4v) is 2.48. The highest BCUT2D eigenvalue weighted by molar-refractivity contribution is 5.60. The maximum Gasteiger partial charge on any atom is 0.274 e. The van der Waals surface area contributed by atoms with E-state index in [1.807, 2.05) is 31.2 Å². The first kappa shape index (κ1) is 15.0. The van der Waals surface area contributed by atoms with E-state index in [1.54, 1.807) is 13.0 Å². The number of rotatable bonds is 5. The summed E-state index contributed by atoms with van der Waals surface area (Å²) in [6.07, 6.45) is 0.877. The first-order valence-electron chi connectivity index (χ1n) is 7.03. The van der Waals surface area contributed by atoms with Crippen LogP contribution in [0.15, 0.2) is 42.5 Å². The lowest BCUT2D eigenvalue weighted by atomic mass is 10.0. The Labute approximate surface area is 125 Å². The van der Waals surface area contributed by atoms with Gasteiger partial charge in [0.1, 0.15) is 0 Å². The van der Waals surface area contributed by atoms with Crippen LogP contribution in [0.2, 0.25) is 0 Å². The van der Waals surface area contributed by atoms with Gasteiger partial charge in [0.15, 0.2) is 0 Å². The zero-order chi connectivity index (χ0) is 15.4. The average molecular weight is 284 g/mol. The molecular formula is C17H20N2O2. The van der Waals surface area contributed by atoms with Gasteiger partial charge in [-0.05, 0) is 44.4 Å². The van der Waals surface area contributed by atoms with Crippen LogP contribution in [0.3, 0.4) is 0 Å². The van der Waals surface area contributed by atoms with E-state index in [0.29, 0.717) is 5.56 Å². The smallest absolute Gasteiger partial charge is 0.274 e. The third-order valence-electron chi connectivity index (χ3n) is 3.53. The lowest BCUT2D eigenvalue weighted by Crippen LogP contribution is -2.18. The van der Waals surface area contributed by atoms with Crippen molar-refractivity contribution in [3.63, 3.8) is 0 Å². The normalized spacial score (nSPS) is 12.0. The molecule has 0 heterocycles. The molecule has 0 radical (unpaired) electrons. The van der Waals surface area contributed by atoms with Crippen molar-refractivity contribution in [3.05, 3.63) is 69.3 Å². The first-order chi connectivity index (χ1) is 9.97. The number of hydrogen-bond donors (Lipinski definition) is 1. The Bertz CT molecular complexity index is 639. The van der Waals surface area contributed by atoms with Crippen LogP contribution < -0.4 is 5.32 Å². The van der Waals surface area contributed by atoms with Crippen LogP contribution >= 0.6 is 0 Å². The molecule has 4 heteroatoms. The fourth-order valence-electron chi connectivity index (χ4n) is 2.48. The second-order valence-corrected chi connectivity index (χ2v) is 5.45. The quantitative estimate of drug-likeness (QED) is 0.659. The van der Waals surface area contributed by atoms with Crippen LogP contribution in [0.4, 0.5) is 11.4 Å². The molecule has 0 saturated carbocycles. The van der Waals surface area contributed by atoms with E-state index in [2.05, 4.69) is 24.4 Å².